The van der Waals surface area contributed by atoms with Gasteiger partial charge in [-0.05, 0) is 41.7 Å². The maximum absolute atomic E-state index is 12.6. The number of aromatic hydroxyl groups is 1. The first-order chi connectivity index (χ1) is 15.7. The third kappa shape index (κ3) is 3.74. The Morgan fingerprint density at radius 2 is 2.09 bits per heavy atom. The zero-order valence-electron chi connectivity index (χ0n) is 17.7. The highest BCUT2D eigenvalue weighted by Gasteiger charge is 2.46. The van der Waals surface area contributed by atoms with Crippen molar-refractivity contribution in [2.45, 2.75) is 18.9 Å². The molecule has 2 aliphatic rings. The van der Waals surface area contributed by atoms with Gasteiger partial charge in [-0.1, -0.05) is 23.4 Å². The highest BCUT2D eigenvalue weighted by molar-refractivity contribution is 7.90. The summed E-state index contributed by atoms with van der Waals surface area (Å²) in [4.78, 5) is 18.7. The van der Waals surface area contributed by atoms with E-state index >= 15 is 0 Å². The highest BCUT2D eigenvalue weighted by Crippen LogP contribution is 2.49. The predicted molar refractivity (Wildman–Crippen MR) is 118 cm³/mol. The molecule has 1 N–H and O–H groups in total. The standard InChI is InChI=1S/C23H20N4O5S/c1-33(30,31)8-7-27-20(29)11-14-10-18-16(21(14)27)3-2-4-17(18)22-25-23(32-26-22)13-5-6-19(28)15(9-13)12-24/h2-6,9,14,21,28H,7-8,10-11H2,1H3. The minimum atomic E-state index is -3.19. The summed E-state index contributed by atoms with van der Waals surface area (Å²) in [5, 5.41) is 23.0. The quantitative estimate of drug-likeness (QED) is 0.608. The van der Waals surface area contributed by atoms with Crippen molar-refractivity contribution in [3.8, 4) is 34.7 Å². The van der Waals surface area contributed by atoms with E-state index in [1.54, 1.807) is 11.0 Å². The number of nitriles is 1. The molecule has 0 spiro atoms. The number of carbonyl (C=O) groups excluding carboxylic acids is 1. The number of rotatable bonds is 5. The lowest BCUT2D eigenvalue weighted by atomic mass is 10.0. The van der Waals surface area contributed by atoms with E-state index in [9.17, 15) is 18.3 Å². The van der Waals surface area contributed by atoms with Crippen LogP contribution >= 0.6 is 0 Å². The monoisotopic (exact) mass is 464 g/mol. The van der Waals surface area contributed by atoms with Crippen LogP contribution in [0.1, 0.15) is 29.2 Å². The van der Waals surface area contributed by atoms with Crippen LogP contribution in [-0.2, 0) is 21.1 Å². The molecule has 168 valence electrons. The van der Waals surface area contributed by atoms with Gasteiger partial charge in [-0.15, -0.1) is 0 Å². The summed E-state index contributed by atoms with van der Waals surface area (Å²) < 4.78 is 28.7. The first kappa shape index (κ1) is 21.2. The number of amides is 1. The molecule has 2 unspecified atom stereocenters. The fraction of sp³-hybridized carbons (Fsp3) is 0.304. The summed E-state index contributed by atoms with van der Waals surface area (Å²) in [5.41, 5.74) is 3.44. The summed E-state index contributed by atoms with van der Waals surface area (Å²) in [6.45, 7) is 0.178. The van der Waals surface area contributed by atoms with Crippen LogP contribution in [0.4, 0.5) is 0 Å². The number of nitrogens with zero attached hydrogens (tertiary/aromatic N) is 4. The van der Waals surface area contributed by atoms with Gasteiger partial charge in [-0.25, -0.2) is 8.42 Å². The van der Waals surface area contributed by atoms with Gasteiger partial charge in [0.25, 0.3) is 5.89 Å². The van der Waals surface area contributed by atoms with E-state index in [0.29, 0.717) is 24.2 Å². The van der Waals surface area contributed by atoms with Gasteiger partial charge in [0.05, 0.1) is 17.4 Å². The second-order valence-corrected chi connectivity index (χ2v) is 10.7. The van der Waals surface area contributed by atoms with Crippen LogP contribution in [0.5, 0.6) is 5.75 Å². The molecule has 1 fully saturated rings. The van der Waals surface area contributed by atoms with Gasteiger partial charge in [-0.3, -0.25) is 4.79 Å². The molecule has 10 heteroatoms. The summed E-state index contributed by atoms with van der Waals surface area (Å²) in [5.74, 6) is 0.484. The van der Waals surface area contributed by atoms with Crippen LogP contribution in [0, 0.1) is 17.2 Å². The summed E-state index contributed by atoms with van der Waals surface area (Å²) in [7, 11) is -3.19. The van der Waals surface area contributed by atoms with Crippen molar-refractivity contribution in [2.24, 2.45) is 5.92 Å². The van der Waals surface area contributed by atoms with Gasteiger partial charge in [-0.2, -0.15) is 10.2 Å². The Morgan fingerprint density at radius 3 is 2.85 bits per heavy atom. The molecule has 1 aliphatic heterocycles. The molecule has 1 saturated heterocycles. The summed E-state index contributed by atoms with van der Waals surface area (Å²) >= 11 is 0. The average Bonchev–Trinajstić information content (AvgIpc) is 3.46. The van der Waals surface area contributed by atoms with E-state index in [1.807, 2.05) is 24.3 Å². The van der Waals surface area contributed by atoms with Crippen molar-refractivity contribution in [1.82, 2.24) is 15.0 Å². The lowest BCUT2D eigenvalue weighted by molar-refractivity contribution is -0.128. The second kappa shape index (κ2) is 7.71. The molecule has 1 amide bonds. The van der Waals surface area contributed by atoms with Gasteiger partial charge >= 0.3 is 0 Å². The number of phenols is 1. The van der Waals surface area contributed by atoms with Crippen LogP contribution in [-0.4, -0.2) is 53.0 Å². The molecule has 2 atom stereocenters. The smallest absolute Gasteiger partial charge is 0.258 e. The largest absolute Gasteiger partial charge is 0.507 e. The van der Waals surface area contributed by atoms with E-state index in [2.05, 4.69) is 10.1 Å². The van der Waals surface area contributed by atoms with Gasteiger partial charge in [0.15, 0.2) is 0 Å². The number of fused-ring (bicyclic) bond motifs is 3. The normalized spacial score (nSPS) is 19.4. The van der Waals surface area contributed by atoms with Gasteiger partial charge in [0.2, 0.25) is 11.7 Å². The minimum absolute atomic E-state index is 0.0211. The molecule has 0 bridgehead atoms. The first-order valence-electron chi connectivity index (χ1n) is 10.4. The van der Waals surface area contributed by atoms with Crippen molar-refractivity contribution in [3.63, 3.8) is 0 Å². The molecule has 33 heavy (non-hydrogen) atoms. The minimum Gasteiger partial charge on any atom is -0.507 e. The molecule has 0 radical (unpaired) electrons. The number of likely N-dealkylation sites (tertiary alicyclic amines) is 1. The van der Waals surface area contributed by atoms with Crippen LogP contribution in [0.15, 0.2) is 40.9 Å². The van der Waals surface area contributed by atoms with Crippen LogP contribution < -0.4 is 0 Å². The summed E-state index contributed by atoms with van der Waals surface area (Å²) in [6, 6.07) is 12.0. The molecular weight excluding hydrogens is 444 g/mol. The topological polar surface area (TPSA) is 137 Å². The lowest BCUT2D eigenvalue weighted by Gasteiger charge is -2.25. The maximum atomic E-state index is 12.6. The second-order valence-electron chi connectivity index (χ2n) is 8.47. The van der Waals surface area contributed by atoms with E-state index in [4.69, 9.17) is 9.78 Å². The molecular formula is C23H20N4O5S. The molecule has 2 heterocycles. The Kier molecular flexibility index (Phi) is 4.94. The van der Waals surface area contributed by atoms with Crippen molar-refractivity contribution >= 4 is 15.7 Å². The van der Waals surface area contributed by atoms with E-state index < -0.39 is 9.84 Å². The Hall–Kier alpha value is -3.71. The SMILES string of the molecule is CS(=O)(=O)CCN1C(=O)CC2Cc3c(-c4noc(-c5ccc(O)c(C#N)c5)n4)cccc3C21. The Labute approximate surface area is 190 Å². The number of hydrogen-bond donors (Lipinski definition) is 1. The van der Waals surface area contributed by atoms with Crippen molar-refractivity contribution < 1.29 is 22.8 Å². The lowest BCUT2D eigenvalue weighted by Crippen LogP contribution is -2.32. The molecule has 9 nitrogen and oxygen atoms in total. The molecule has 1 aromatic heterocycles. The first-order valence-corrected chi connectivity index (χ1v) is 12.5. The molecule has 0 saturated carbocycles. The Balaban J connectivity index is 1.48. The molecule has 5 rings (SSSR count). The van der Waals surface area contributed by atoms with Gasteiger partial charge in [0, 0.05) is 30.3 Å². The van der Waals surface area contributed by atoms with Crippen LogP contribution in [0.2, 0.25) is 0 Å². The van der Waals surface area contributed by atoms with Crippen molar-refractivity contribution in [3.05, 3.63) is 53.1 Å². The fourth-order valence-electron chi connectivity index (χ4n) is 4.79. The van der Waals surface area contributed by atoms with E-state index in [1.165, 1.54) is 18.4 Å². The third-order valence-electron chi connectivity index (χ3n) is 6.27. The van der Waals surface area contributed by atoms with E-state index in [0.717, 1.165) is 16.7 Å². The molecule has 2 aromatic carbocycles. The number of sulfone groups is 1. The predicted octanol–water partition coefficient (Wildman–Crippen LogP) is 2.47. The number of aromatic nitrogens is 2. The van der Waals surface area contributed by atoms with Crippen molar-refractivity contribution in [2.75, 3.05) is 18.6 Å². The molecule has 1 aliphatic carbocycles. The van der Waals surface area contributed by atoms with Gasteiger partial charge < -0.3 is 14.5 Å². The summed E-state index contributed by atoms with van der Waals surface area (Å²) in [6.07, 6.45) is 2.22. The molecule has 3 aromatic rings. The number of hydrogen-bond acceptors (Lipinski definition) is 8. The fourth-order valence-corrected chi connectivity index (χ4v) is 5.31. The number of carbonyl (C=O) groups is 1. The van der Waals surface area contributed by atoms with Crippen LogP contribution in [0.25, 0.3) is 22.8 Å². The highest BCUT2D eigenvalue weighted by atomic mass is 32.2. The van der Waals surface area contributed by atoms with Crippen LogP contribution in [0.3, 0.4) is 0 Å². The van der Waals surface area contributed by atoms with Gasteiger partial charge in [0.1, 0.15) is 21.7 Å². The average molecular weight is 465 g/mol. The number of phenolic OH excluding ortho intramolecular Hbond substituents is 1. The zero-order valence-corrected chi connectivity index (χ0v) is 18.5. The third-order valence-corrected chi connectivity index (χ3v) is 7.19. The number of benzene rings is 2. The Morgan fingerprint density at radius 1 is 1.27 bits per heavy atom. The van der Waals surface area contributed by atoms with Crippen molar-refractivity contribution in [1.29, 1.82) is 5.26 Å². The van der Waals surface area contributed by atoms with E-state index in [-0.39, 0.29) is 47.4 Å². The zero-order chi connectivity index (χ0) is 23.3. The maximum Gasteiger partial charge on any atom is 0.258 e. The Bertz CT molecular complexity index is 1420.